The summed E-state index contributed by atoms with van der Waals surface area (Å²) in [4.78, 5) is 2.41. The molecule has 1 aliphatic heterocycles. The van der Waals surface area contributed by atoms with Crippen LogP contribution in [0.5, 0.6) is 5.75 Å². The number of rotatable bonds is 3. The summed E-state index contributed by atoms with van der Waals surface area (Å²) in [6, 6.07) is 6.86. The van der Waals surface area contributed by atoms with Crippen molar-refractivity contribution in [1.82, 2.24) is 4.90 Å². The highest BCUT2D eigenvalue weighted by Gasteiger charge is 2.28. The Morgan fingerprint density at radius 1 is 1.53 bits per heavy atom. The molecule has 1 aromatic rings. The van der Waals surface area contributed by atoms with E-state index in [0.29, 0.717) is 12.1 Å². The molecule has 0 aliphatic carbocycles. The highest BCUT2D eigenvalue weighted by molar-refractivity contribution is 9.10. The molecule has 3 nitrogen and oxygen atoms in total. The molecule has 17 heavy (non-hydrogen) atoms. The van der Waals surface area contributed by atoms with Gasteiger partial charge in [0.15, 0.2) is 0 Å². The second kappa shape index (κ2) is 5.38. The number of nitrogens with zero attached hydrogens (tertiary/aromatic N) is 1. The van der Waals surface area contributed by atoms with Crippen LogP contribution in [0.2, 0.25) is 0 Å². The van der Waals surface area contributed by atoms with Crippen LogP contribution in [0.25, 0.3) is 0 Å². The Labute approximate surface area is 111 Å². The van der Waals surface area contributed by atoms with Crippen molar-refractivity contribution in [3.8, 4) is 5.75 Å². The first-order valence-corrected chi connectivity index (χ1v) is 6.73. The molecular weight excluding hydrogens is 280 g/mol. The molecule has 1 saturated heterocycles. The van der Waals surface area contributed by atoms with Crippen LogP contribution < -0.4 is 10.5 Å². The van der Waals surface area contributed by atoms with E-state index < -0.39 is 0 Å². The normalized spacial score (nSPS) is 25.2. The minimum atomic E-state index is 0.299. The Morgan fingerprint density at radius 2 is 2.29 bits per heavy atom. The third-order valence-corrected chi connectivity index (χ3v) is 4.05. The minimum Gasteiger partial charge on any atom is -0.496 e. The van der Waals surface area contributed by atoms with E-state index >= 15 is 0 Å². The summed E-state index contributed by atoms with van der Waals surface area (Å²) in [7, 11) is 1.71. The molecule has 0 aromatic heterocycles. The molecule has 0 saturated carbocycles. The molecule has 2 unspecified atom stereocenters. The minimum absolute atomic E-state index is 0.299. The number of nitrogens with two attached hydrogens (primary N) is 1. The fourth-order valence-electron chi connectivity index (χ4n) is 2.34. The molecule has 2 rings (SSSR count). The van der Waals surface area contributed by atoms with Gasteiger partial charge in [0, 0.05) is 35.2 Å². The van der Waals surface area contributed by atoms with Gasteiger partial charge < -0.3 is 10.5 Å². The molecule has 2 atom stereocenters. The standard InChI is InChI=1S/C13H19BrN2O/c1-9-12(15)5-6-16(9)8-10-7-11(14)3-4-13(10)17-2/h3-4,7,9,12H,5-6,8,15H2,1-2H3. The summed E-state index contributed by atoms with van der Waals surface area (Å²) in [6.07, 6.45) is 1.08. The van der Waals surface area contributed by atoms with E-state index in [1.165, 1.54) is 5.56 Å². The van der Waals surface area contributed by atoms with E-state index in [4.69, 9.17) is 10.5 Å². The highest BCUT2D eigenvalue weighted by Crippen LogP contribution is 2.27. The Bertz CT molecular complexity index is 397. The van der Waals surface area contributed by atoms with Crippen molar-refractivity contribution in [1.29, 1.82) is 0 Å². The van der Waals surface area contributed by atoms with E-state index in [0.717, 1.165) is 29.7 Å². The van der Waals surface area contributed by atoms with Crippen LogP contribution in [-0.4, -0.2) is 30.6 Å². The lowest BCUT2D eigenvalue weighted by Crippen LogP contribution is -2.36. The predicted octanol–water partition coefficient (Wildman–Crippen LogP) is 2.38. The van der Waals surface area contributed by atoms with Gasteiger partial charge in [0.05, 0.1) is 7.11 Å². The fraction of sp³-hybridized carbons (Fsp3) is 0.538. The number of halogens is 1. The zero-order chi connectivity index (χ0) is 12.4. The molecule has 0 spiro atoms. The first-order valence-electron chi connectivity index (χ1n) is 5.94. The number of hydrogen-bond acceptors (Lipinski definition) is 3. The molecule has 1 fully saturated rings. The van der Waals surface area contributed by atoms with Crippen molar-refractivity contribution < 1.29 is 4.74 Å². The monoisotopic (exact) mass is 298 g/mol. The van der Waals surface area contributed by atoms with Gasteiger partial charge in [-0.2, -0.15) is 0 Å². The van der Waals surface area contributed by atoms with Gasteiger partial charge >= 0.3 is 0 Å². The Kier molecular flexibility index (Phi) is 4.07. The second-order valence-corrected chi connectivity index (χ2v) is 5.54. The van der Waals surface area contributed by atoms with Gasteiger partial charge in [-0.25, -0.2) is 0 Å². The molecular formula is C13H19BrN2O. The SMILES string of the molecule is COc1ccc(Br)cc1CN1CCC(N)C1C. The Hall–Kier alpha value is -0.580. The summed E-state index contributed by atoms with van der Waals surface area (Å²) in [5.41, 5.74) is 7.25. The first-order chi connectivity index (χ1) is 8.11. The third kappa shape index (κ3) is 2.81. The van der Waals surface area contributed by atoms with Gasteiger partial charge in [0.1, 0.15) is 5.75 Å². The number of ether oxygens (including phenoxy) is 1. The topological polar surface area (TPSA) is 38.5 Å². The van der Waals surface area contributed by atoms with Crippen LogP contribution in [-0.2, 0) is 6.54 Å². The average molecular weight is 299 g/mol. The van der Waals surface area contributed by atoms with Crippen LogP contribution in [0, 0.1) is 0 Å². The molecule has 94 valence electrons. The third-order valence-electron chi connectivity index (χ3n) is 3.56. The summed E-state index contributed by atoms with van der Waals surface area (Å²) in [6.45, 7) is 4.16. The van der Waals surface area contributed by atoms with Crippen LogP contribution in [0.3, 0.4) is 0 Å². The van der Waals surface area contributed by atoms with Gasteiger partial charge in [-0.1, -0.05) is 15.9 Å². The fourth-order valence-corrected chi connectivity index (χ4v) is 2.75. The van der Waals surface area contributed by atoms with E-state index in [1.807, 2.05) is 12.1 Å². The van der Waals surface area contributed by atoms with Gasteiger partial charge in [-0.05, 0) is 31.5 Å². The van der Waals surface area contributed by atoms with Gasteiger partial charge in [-0.3, -0.25) is 4.90 Å². The van der Waals surface area contributed by atoms with Crippen molar-refractivity contribution in [2.75, 3.05) is 13.7 Å². The van der Waals surface area contributed by atoms with Gasteiger partial charge in [-0.15, -0.1) is 0 Å². The van der Waals surface area contributed by atoms with E-state index in [2.05, 4.69) is 33.8 Å². The van der Waals surface area contributed by atoms with Crippen molar-refractivity contribution in [2.45, 2.75) is 32.0 Å². The van der Waals surface area contributed by atoms with Gasteiger partial charge in [0.25, 0.3) is 0 Å². The molecule has 0 amide bonds. The van der Waals surface area contributed by atoms with Crippen molar-refractivity contribution in [3.63, 3.8) is 0 Å². The average Bonchev–Trinajstić information content (AvgIpc) is 2.61. The molecule has 0 radical (unpaired) electrons. The van der Waals surface area contributed by atoms with Gasteiger partial charge in [0.2, 0.25) is 0 Å². The van der Waals surface area contributed by atoms with Crippen LogP contribution in [0.4, 0.5) is 0 Å². The van der Waals surface area contributed by atoms with Crippen molar-refractivity contribution in [2.24, 2.45) is 5.73 Å². The number of hydrogen-bond donors (Lipinski definition) is 1. The van der Waals surface area contributed by atoms with E-state index in [9.17, 15) is 0 Å². The number of methoxy groups -OCH3 is 1. The summed E-state index contributed by atoms with van der Waals surface area (Å²) in [5, 5.41) is 0. The van der Waals surface area contributed by atoms with Crippen LogP contribution in [0.15, 0.2) is 22.7 Å². The second-order valence-electron chi connectivity index (χ2n) is 4.62. The Morgan fingerprint density at radius 3 is 2.88 bits per heavy atom. The largest absolute Gasteiger partial charge is 0.496 e. The molecule has 1 heterocycles. The molecule has 4 heteroatoms. The first kappa shape index (κ1) is 12.9. The molecule has 0 bridgehead atoms. The summed E-state index contributed by atoms with van der Waals surface area (Å²) in [5.74, 6) is 0.945. The number of benzene rings is 1. The lowest BCUT2D eigenvalue weighted by molar-refractivity contribution is 0.247. The zero-order valence-corrected chi connectivity index (χ0v) is 11.9. The maximum Gasteiger partial charge on any atom is 0.123 e. The van der Waals surface area contributed by atoms with Crippen LogP contribution in [0.1, 0.15) is 18.9 Å². The van der Waals surface area contributed by atoms with E-state index in [-0.39, 0.29) is 0 Å². The summed E-state index contributed by atoms with van der Waals surface area (Å²) >= 11 is 3.50. The number of likely N-dealkylation sites (tertiary alicyclic amines) is 1. The maximum atomic E-state index is 6.04. The zero-order valence-electron chi connectivity index (χ0n) is 10.3. The lowest BCUT2D eigenvalue weighted by Gasteiger charge is -2.23. The smallest absolute Gasteiger partial charge is 0.123 e. The van der Waals surface area contributed by atoms with Crippen LogP contribution >= 0.6 is 15.9 Å². The van der Waals surface area contributed by atoms with Crippen molar-refractivity contribution >= 4 is 15.9 Å². The quantitative estimate of drug-likeness (QED) is 0.931. The lowest BCUT2D eigenvalue weighted by atomic mass is 10.1. The molecule has 2 N–H and O–H groups in total. The predicted molar refractivity (Wildman–Crippen MR) is 73.2 cm³/mol. The highest BCUT2D eigenvalue weighted by atomic mass is 79.9. The molecule has 1 aliphatic rings. The van der Waals surface area contributed by atoms with Crippen molar-refractivity contribution in [3.05, 3.63) is 28.2 Å². The van der Waals surface area contributed by atoms with E-state index in [1.54, 1.807) is 7.11 Å². The maximum absolute atomic E-state index is 6.04. The molecule has 1 aromatic carbocycles. The Balaban J connectivity index is 2.15. The summed E-state index contributed by atoms with van der Waals surface area (Å²) < 4.78 is 6.48.